The fourth-order valence-electron chi connectivity index (χ4n) is 2.07. The summed E-state index contributed by atoms with van der Waals surface area (Å²) in [5.74, 6) is 0. The SMILES string of the molecule is Cc1cc(C)c2ccccc2c1/C=[CH]\[Tl]. The van der Waals surface area contributed by atoms with Crippen LogP contribution in [0.4, 0.5) is 0 Å². The third-order valence-corrected chi connectivity index (χ3v) is 3.51. The summed E-state index contributed by atoms with van der Waals surface area (Å²) in [4.78, 5) is 0. The van der Waals surface area contributed by atoms with Crippen LogP contribution in [-0.4, -0.2) is 25.8 Å². The summed E-state index contributed by atoms with van der Waals surface area (Å²) < 4.78 is 2.27. The van der Waals surface area contributed by atoms with E-state index in [1.165, 1.54) is 27.5 Å². The van der Waals surface area contributed by atoms with Crippen molar-refractivity contribution in [1.82, 2.24) is 0 Å². The quantitative estimate of drug-likeness (QED) is 0.658. The molecular weight excluding hydrogens is 373 g/mol. The molecule has 2 aromatic carbocycles. The number of fused-ring (bicyclic) bond motifs is 1. The zero-order valence-corrected chi connectivity index (χ0v) is 13.6. The standard InChI is InChI=1S/C14H13.Tl/c1-4-12-10(2)9-11(3)13-7-5-6-8-14(12)13;/h1,4-9H,2-3H3;. The van der Waals surface area contributed by atoms with E-state index >= 15 is 0 Å². The van der Waals surface area contributed by atoms with Crippen LogP contribution < -0.4 is 0 Å². The molecule has 0 unspecified atom stereocenters. The van der Waals surface area contributed by atoms with Gasteiger partial charge in [0.15, 0.2) is 0 Å². The molecule has 0 fully saturated rings. The van der Waals surface area contributed by atoms with Gasteiger partial charge in [-0.15, -0.1) is 0 Å². The maximum atomic E-state index is 2.28. The van der Waals surface area contributed by atoms with Gasteiger partial charge < -0.3 is 0 Å². The fourth-order valence-corrected chi connectivity index (χ4v) is 2.82. The van der Waals surface area contributed by atoms with Crippen molar-refractivity contribution >= 4 is 42.6 Å². The first kappa shape index (κ1) is 10.9. The van der Waals surface area contributed by atoms with Crippen LogP contribution in [0.1, 0.15) is 16.7 Å². The summed E-state index contributed by atoms with van der Waals surface area (Å²) in [6.07, 6.45) is 2.27. The Balaban J connectivity index is 2.89. The van der Waals surface area contributed by atoms with E-state index < -0.39 is 0 Å². The zero-order valence-electron chi connectivity index (χ0n) is 9.12. The Morgan fingerprint density at radius 1 is 1.00 bits per heavy atom. The molecule has 0 nitrogen and oxygen atoms in total. The van der Waals surface area contributed by atoms with Crippen molar-refractivity contribution in [3.63, 3.8) is 0 Å². The van der Waals surface area contributed by atoms with Gasteiger partial charge >= 0.3 is 107 Å². The van der Waals surface area contributed by atoms with Crippen molar-refractivity contribution in [3.05, 3.63) is 50.7 Å². The van der Waals surface area contributed by atoms with Gasteiger partial charge in [0, 0.05) is 0 Å². The van der Waals surface area contributed by atoms with Gasteiger partial charge in [0.2, 0.25) is 0 Å². The molecule has 0 aliphatic rings. The second-order valence-electron chi connectivity index (χ2n) is 3.83. The van der Waals surface area contributed by atoms with Crippen molar-refractivity contribution in [1.29, 1.82) is 0 Å². The van der Waals surface area contributed by atoms with Crippen molar-refractivity contribution in [3.8, 4) is 0 Å². The normalized spacial score (nSPS) is 11.3. The van der Waals surface area contributed by atoms with Crippen LogP contribution >= 0.6 is 0 Å². The molecule has 15 heavy (non-hydrogen) atoms. The molecule has 0 amide bonds. The number of benzene rings is 2. The second kappa shape index (κ2) is 4.47. The van der Waals surface area contributed by atoms with E-state index in [0.717, 1.165) is 25.8 Å². The van der Waals surface area contributed by atoms with E-state index in [2.05, 4.69) is 53.9 Å². The predicted molar refractivity (Wildman–Crippen MR) is 68.2 cm³/mol. The molecule has 0 saturated carbocycles. The molecule has 0 radical (unpaired) electrons. The van der Waals surface area contributed by atoms with E-state index in [9.17, 15) is 0 Å². The monoisotopic (exact) mass is 386 g/mol. The maximum absolute atomic E-state index is 2.28. The van der Waals surface area contributed by atoms with E-state index in [-0.39, 0.29) is 0 Å². The number of hydrogen-bond acceptors (Lipinski definition) is 0. The molecule has 1 heteroatoms. The van der Waals surface area contributed by atoms with Crippen LogP contribution in [-0.2, 0) is 0 Å². The fraction of sp³-hybridized carbons (Fsp3) is 0.143. The molecule has 0 aliphatic carbocycles. The molecule has 0 bridgehead atoms. The van der Waals surface area contributed by atoms with E-state index in [0.29, 0.717) is 0 Å². The van der Waals surface area contributed by atoms with Crippen LogP contribution in [0.2, 0.25) is 0 Å². The minimum absolute atomic E-state index is 0.925. The summed E-state index contributed by atoms with van der Waals surface area (Å²) in [7, 11) is 0. The molecule has 0 N–H and O–H groups in total. The van der Waals surface area contributed by atoms with Gasteiger partial charge in [-0.3, -0.25) is 0 Å². The minimum atomic E-state index is 0.925. The van der Waals surface area contributed by atoms with Crippen LogP contribution in [0.25, 0.3) is 16.8 Å². The van der Waals surface area contributed by atoms with Gasteiger partial charge in [0.25, 0.3) is 0 Å². The molecule has 2 aromatic rings. The molecule has 2 rings (SSSR count). The third kappa shape index (κ3) is 2.00. The summed E-state index contributed by atoms with van der Waals surface area (Å²) >= 11 is 0.925. The van der Waals surface area contributed by atoms with Gasteiger partial charge in [-0.2, -0.15) is 0 Å². The van der Waals surface area contributed by atoms with Gasteiger partial charge in [0.1, 0.15) is 0 Å². The van der Waals surface area contributed by atoms with Crippen molar-refractivity contribution in [2.45, 2.75) is 13.8 Å². The first-order valence-corrected chi connectivity index (χ1v) is 7.70. The van der Waals surface area contributed by atoms with Crippen LogP contribution in [0.5, 0.6) is 0 Å². The molecule has 0 aromatic heterocycles. The molecule has 72 valence electrons. The Kier molecular flexibility index (Phi) is 3.24. The molecular formula is C14H13Tl. The number of aryl methyl sites for hydroxylation is 2. The van der Waals surface area contributed by atoms with Crippen molar-refractivity contribution in [2.75, 3.05) is 0 Å². The van der Waals surface area contributed by atoms with Gasteiger partial charge in [-0.05, 0) is 0 Å². The first-order valence-electron chi connectivity index (χ1n) is 5.11. The average Bonchev–Trinajstić information content (AvgIpc) is 2.24. The molecule has 0 heterocycles. The molecule has 0 atom stereocenters. The Labute approximate surface area is 107 Å². The Bertz CT molecular complexity index is 524. The summed E-state index contributed by atoms with van der Waals surface area (Å²) in [6.45, 7) is 4.38. The molecule has 0 aliphatic heterocycles. The Morgan fingerprint density at radius 3 is 2.33 bits per heavy atom. The van der Waals surface area contributed by atoms with Gasteiger partial charge in [0.05, 0.1) is 0 Å². The van der Waals surface area contributed by atoms with Gasteiger partial charge in [-0.25, -0.2) is 0 Å². The topological polar surface area (TPSA) is 0 Å². The van der Waals surface area contributed by atoms with Crippen LogP contribution in [0.3, 0.4) is 0 Å². The van der Waals surface area contributed by atoms with E-state index in [1.54, 1.807) is 0 Å². The predicted octanol–water partition coefficient (Wildman–Crippen LogP) is 3.60. The molecule has 0 spiro atoms. The number of rotatable bonds is 1. The Hall–Kier alpha value is -0.638. The van der Waals surface area contributed by atoms with Crippen LogP contribution in [0.15, 0.2) is 34.0 Å². The van der Waals surface area contributed by atoms with Crippen LogP contribution in [0, 0.1) is 13.8 Å². The van der Waals surface area contributed by atoms with E-state index in [1.807, 2.05) is 0 Å². The van der Waals surface area contributed by atoms with Gasteiger partial charge in [-0.1, -0.05) is 0 Å². The summed E-state index contributed by atoms with van der Waals surface area (Å²) in [6, 6.07) is 10.9. The first-order chi connectivity index (χ1) is 7.24. The zero-order chi connectivity index (χ0) is 10.8. The number of hydrogen-bond donors (Lipinski definition) is 0. The van der Waals surface area contributed by atoms with E-state index in [4.69, 9.17) is 0 Å². The van der Waals surface area contributed by atoms with Crippen molar-refractivity contribution < 1.29 is 0 Å². The third-order valence-electron chi connectivity index (χ3n) is 2.76. The molecule has 0 saturated heterocycles. The summed E-state index contributed by atoms with van der Waals surface area (Å²) in [5.41, 5.74) is 4.14. The second-order valence-corrected chi connectivity index (χ2v) is 5.33. The summed E-state index contributed by atoms with van der Waals surface area (Å²) in [5, 5.41) is 2.76. The Morgan fingerprint density at radius 2 is 1.67 bits per heavy atom. The van der Waals surface area contributed by atoms with Crippen molar-refractivity contribution in [2.24, 2.45) is 0 Å². The average molecular weight is 386 g/mol.